The maximum absolute atomic E-state index is 13.5. The summed E-state index contributed by atoms with van der Waals surface area (Å²) in [5.41, 5.74) is 6.53. The highest BCUT2D eigenvalue weighted by molar-refractivity contribution is 5.81. The van der Waals surface area contributed by atoms with E-state index in [4.69, 9.17) is 5.73 Å². The number of aromatic hydroxyl groups is 1. The normalized spacial score (nSPS) is 11.1. The lowest BCUT2D eigenvalue weighted by molar-refractivity contribution is 0.477. The van der Waals surface area contributed by atoms with Crippen LogP contribution in [-0.4, -0.2) is 15.1 Å². The highest BCUT2D eigenvalue weighted by Gasteiger charge is 2.13. The lowest BCUT2D eigenvalue weighted by Gasteiger charge is -2.01. The Labute approximate surface area is 106 Å². The molecule has 4 nitrogen and oxygen atoms in total. The van der Waals surface area contributed by atoms with Crippen molar-refractivity contribution in [2.24, 2.45) is 0 Å². The van der Waals surface area contributed by atoms with Crippen LogP contribution >= 0.6 is 0 Å². The predicted octanol–water partition coefficient (Wildman–Crippen LogP) is 2.80. The van der Waals surface area contributed by atoms with Crippen molar-refractivity contribution in [3.05, 3.63) is 42.0 Å². The van der Waals surface area contributed by atoms with Gasteiger partial charge < -0.3 is 15.8 Å². The minimum atomic E-state index is -0.757. The Morgan fingerprint density at radius 1 is 1.16 bits per heavy atom. The van der Waals surface area contributed by atoms with E-state index in [0.29, 0.717) is 11.3 Å². The zero-order chi connectivity index (χ0) is 13.6. The summed E-state index contributed by atoms with van der Waals surface area (Å²) in [4.78, 5) is 6.78. The van der Waals surface area contributed by atoms with Gasteiger partial charge in [-0.2, -0.15) is 0 Å². The second kappa shape index (κ2) is 3.94. The molecule has 0 fully saturated rings. The number of hydrogen-bond donors (Lipinski definition) is 3. The van der Waals surface area contributed by atoms with Crippen LogP contribution in [-0.2, 0) is 0 Å². The van der Waals surface area contributed by atoms with Crippen molar-refractivity contribution >= 4 is 16.7 Å². The number of nitrogens with zero attached hydrogens (tertiary/aromatic N) is 1. The van der Waals surface area contributed by atoms with Crippen LogP contribution < -0.4 is 5.73 Å². The average Bonchev–Trinajstić information content (AvgIpc) is 2.72. The van der Waals surface area contributed by atoms with E-state index in [0.717, 1.165) is 12.1 Å². The van der Waals surface area contributed by atoms with Gasteiger partial charge >= 0.3 is 0 Å². The second-order valence-corrected chi connectivity index (χ2v) is 4.15. The van der Waals surface area contributed by atoms with Crippen LogP contribution in [0.1, 0.15) is 0 Å². The number of nitrogen functional groups attached to an aromatic ring is 1. The minimum absolute atomic E-state index is 0.0209. The lowest BCUT2D eigenvalue weighted by Crippen LogP contribution is -1.86. The number of imidazole rings is 1. The first-order chi connectivity index (χ1) is 9.04. The fourth-order valence-electron chi connectivity index (χ4n) is 1.92. The molecule has 0 radical (unpaired) electrons. The van der Waals surface area contributed by atoms with E-state index in [9.17, 15) is 13.9 Å². The van der Waals surface area contributed by atoms with E-state index in [1.165, 1.54) is 6.07 Å². The van der Waals surface area contributed by atoms with Crippen molar-refractivity contribution in [2.45, 2.75) is 0 Å². The monoisotopic (exact) mass is 261 g/mol. The fourth-order valence-corrected chi connectivity index (χ4v) is 1.92. The van der Waals surface area contributed by atoms with Crippen molar-refractivity contribution in [3.8, 4) is 17.1 Å². The SMILES string of the molecule is Nc1ccc(-c2nc3c(F)cc(F)cc3[nH]2)c(O)c1. The third-order valence-electron chi connectivity index (χ3n) is 2.78. The number of anilines is 1. The third-order valence-corrected chi connectivity index (χ3v) is 2.78. The summed E-state index contributed by atoms with van der Waals surface area (Å²) < 4.78 is 26.6. The topological polar surface area (TPSA) is 74.9 Å². The fraction of sp³-hybridized carbons (Fsp3) is 0. The van der Waals surface area contributed by atoms with Crippen LogP contribution in [0, 0.1) is 11.6 Å². The summed E-state index contributed by atoms with van der Waals surface area (Å²) in [5, 5.41) is 9.79. The van der Waals surface area contributed by atoms with Gasteiger partial charge in [-0.25, -0.2) is 13.8 Å². The maximum atomic E-state index is 13.5. The molecular formula is C13H9F2N3O. The van der Waals surface area contributed by atoms with Gasteiger partial charge in [-0.05, 0) is 18.2 Å². The molecule has 19 heavy (non-hydrogen) atoms. The summed E-state index contributed by atoms with van der Waals surface area (Å²) in [6.45, 7) is 0. The number of benzene rings is 2. The molecule has 3 aromatic rings. The molecule has 0 aliphatic rings. The maximum Gasteiger partial charge on any atom is 0.153 e. The molecule has 0 bridgehead atoms. The smallest absolute Gasteiger partial charge is 0.153 e. The second-order valence-electron chi connectivity index (χ2n) is 4.15. The molecule has 1 heterocycles. The number of halogens is 2. The van der Waals surface area contributed by atoms with Crippen molar-refractivity contribution in [1.82, 2.24) is 9.97 Å². The summed E-state index contributed by atoms with van der Waals surface area (Å²) in [6.07, 6.45) is 0. The van der Waals surface area contributed by atoms with Gasteiger partial charge in [0.1, 0.15) is 22.9 Å². The summed E-state index contributed by atoms with van der Waals surface area (Å²) in [5.74, 6) is -1.29. The minimum Gasteiger partial charge on any atom is -0.507 e. The number of nitrogens with two attached hydrogens (primary N) is 1. The number of fused-ring (bicyclic) bond motifs is 1. The first kappa shape index (κ1) is 11.5. The van der Waals surface area contributed by atoms with Gasteiger partial charge in [0.15, 0.2) is 5.82 Å². The van der Waals surface area contributed by atoms with Gasteiger partial charge in [0.25, 0.3) is 0 Å². The number of aromatic nitrogens is 2. The molecule has 0 saturated heterocycles. The number of phenolic OH excluding ortho intramolecular Hbond substituents is 1. The molecule has 3 rings (SSSR count). The Bertz CT molecular complexity index is 783. The first-order valence-corrected chi connectivity index (χ1v) is 5.48. The Hall–Kier alpha value is -2.63. The first-order valence-electron chi connectivity index (χ1n) is 5.48. The van der Waals surface area contributed by atoms with Crippen LogP contribution in [0.3, 0.4) is 0 Å². The van der Waals surface area contributed by atoms with E-state index in [-0.39, 0.29) is 22.6 Å². The van der Waals surface area contributed by atoms with Crippen LogP contribution in [0.5, 0.6) is 5.75 Å². The zero-order valence-electron chi connectivity index (χ0n) is 9.61. The van der Waals surface area contributed by atoms with Gasteiger partial charge in [-0.1, -0.05) is 0 Å². The van der Waals surface area contributed by atoms with Gasteiger partial charge in [0.05, 0.1) is 11.1 Å². The Balaban J connectivity index is 2.23. The Morgan fingerprint density at radius 2 is 1.95 bits per heavy atom. The molecule has 6 heteroatoms. The molecular weight excluding hydrogens is 252 g/mol. The highest BCUT2D eigenvalue weighted by atomic mass is 19.1. The van der Waals surface area contributed by atoms with Crippen LogP contribution in [0.2, 0.25) is 0 Å². The highest BCUT2D eigenvalue weighted by Crippen LogP contribution is 2.30. The van der Waals surface area contributed by atoms with Crippen LogP contribution in [0.4, 0.5) is 14.5 Å². The quantitative estimate of drug-likeness (QED) is 0.589. The molecule has 0 aliphatic carbocycles. The molecule has 0 spiro atoms. The molecule has 1 aromatic heterocycles. The average molecular weight is 261 g/mol. The molecule has 0 aliphatic heterocycles. The molecule has 4 N–H and O–H groups in total. The standard InChI is InChI=1S/C13H9F2N3O/c14-6-3-9(15)12-10(4-6)17-13(18-12)8-2-1-7(16)5-11(8)19/h1-5,19H,16H2,(H,17,18). The van der Waals surface area contributed by atoms with Gasteiger partial charge in [0, 0.05) is 17.8 Å². The van der Waals surface area contributed by atoms with Crippen molar-refractivity contribution in [3.63, 3.8) is 0 Å². The number of phenols is 1. The zero-order valence-corrected chi connectivity index (χ0v) is 9.61. The summed E-state index contributed by atoms with van der Waals surface area (Å²) in [7, 11) is 0. The third kappa shape index (κ3) is 1.87. The number of nitrogens with one attached hydrogen (secondary N) is 1. The van der Waals surface area contributed by atoms with E-state index < -0.39 is 11.6 Å². The summed E-state index contributed by atoms with van der Waals surface area (Å²) in [6, 6.07) is 6.40. The molecule has 96 valence electrons. The Morgan fingerprint density at radius 3 is 2.68 bits per heavy atom. The molecule has 2 aromatic carbocycles. The van der Waals surface area contributed by atoms with Gasteiger partial charge in [-0.3, -0.25) is 0 Å². The van der Waals surface area contributed by atoms with E-state index in [2.05, 4.69) is 9.97 Å². The number of hydrogen-bond acceptors (Lipinski definition) is 3. The molecule has 0 unspecified atom stereocenters. The van der Waals surface area contributed by atoms with E-state index in [1.54, 1.807) is 12.1 Å². The van der Waals surface area contributed by atoms with Gasteiger partial charge in [-0.15, -0.1) is 0 Å². The van der Waals surface area contributed by atoms with Crippen molar-refractivity contribution in [2.75, 3.05) is 5.73 Å². The number of H-pyrrole nitrogens is 1. The van der Waals surface area contributed by atoms with Gasteiger partial charge in [0.2, 0.25) is 0 Å². The van der Waals surface area contributed by atoms with Crippen LogP contribution in [0.25, 0.3) is 22.4 Å². The Kier molecular flexibility index (Phi) is 2.38. The van der Waals surface area contributed by atoms with Crippen LogP contribution in [0.15, 0.2) is 30.3 Å². The van der Waals surface area contributed by atoms with E-state index in [1.807, 2.05) is 0 Å². The van der Waals surface area contributed by atoms with E-state index >= 15 is 0 Å². The number of rotatable bonds is 1. The van der Waals surface area contributed by atoms with Crippen molar-refractivity contribution < 1.29 is 13.9 Å². The largest absolute Gasteiger partial charge is 0.507 e. The molecule has 0 atom stereocenters. The lowest BCUT2D eigenvalue weighted by atomic mass is 10.2. The molecule has 0 saturated carbocycles. The molecule has 0 amide bonds. The predicted molar refractivity (Wildman–Crippen MR) is 67.5 cm³/mol. The number of aromatic amines is 1. The summed E-state index contributed by atoms with van der Waals surface area (Å²) >= 11 is 0. The van der Waals surface area contributed by atoms with Crippen molar-refractivity contribution in [1.29, 1.82) is 0 Å².